The number of nitrogens with zero attached hydrogens (tertiary/aromatic N) is 3. The van der Waals surface area contributed by atoms with E-state index in [1.165, 1.54) is 0 Å². The van der Waals surface area contributed by atoms with E-state index in [0.717, 1.165) is 50.1 Å². The van der Waals surface area contributed by atoms with Gasteiger partial charge in [0.05, 0.1) is 6.10 Å². The van der Waals surface area contributed by atoms with Gasteiger partial charge >= 0.3 is 0 Å². The summed E-state index contributed by atoms with van der Waals surface area (Å²) < 4.78 is 11.1. The van der Waals surface area contributed by atoms with Gasteiger partial charge in [-0.25, -0.2) is 9.97 Å². The zero-order chi connectivity index (χ0) is 15.1. The van der Waals surface area contributed by atoms with Gasteiger partial charge in [-0.2, -0.15) is 0 Å². The molecule has 2 rings (SSSR count). The fourth-order valence-corrected chi connectivity index (χ4v) is 2.38. The SMILES string of the molecule is CCNc1cc(N2CCCOC(C)C2)nc(COCC)n1. The van der Waals surface area contributed by atoms with E-state index in [-0.39, 0.29) is 6.10 Å². The first-order chi connectivity index (χ1) is 10.2. The van der Waals surface area contributed by atoms with Crippen LogP contribution in [0.2, 0.25) is 0 Å². The minimum absolute atomic E-state index is 0.223. The Labute approximate surface area is 126 Å². The molecule has 0 radical (unpaired) electrons. The molecule has 1 aliphatic rings. The van der Waals surface area contributed by atoms with Crippen LogP contribution in [-0.4, -0.2) is 48.9 Å². The molecule has 1 atom stereocenters. The van der Waals surface area contributed by atoms with Crippen LogP contribution in [-0.2, 0) is 16.1 Å². The number of rotatable bonds is 6. The molecule has 0 saturated carbocycles. The minimum atomic E-state index is 0.223. The predicted octanol–water partition coefficient (Wildman–Crippen LogP) is 2.06. The lowest BCUT2D eigenvalue weighted by atomic mass is 10.3. The molecule has 0 spiro atoms. The summed E-state index contributed by atoms with van der Waals surface area (Å²) in [6.45, 7) is 10.7. The molecule has 6 nitrogen and oxygen atoms in total. The topological polar surface area (TPSA) is 59.5 Å². The van der Waals surface area contributed by atoms with E-state index >= 15 is 0 Å². The highest BCUT2D eigenvalue weighted by Crippen LogP contribution is 2.19. The molecule has 118 valence electrons. The third kappa shape index (κ3) is 4.82. The van der Waals surface area contributed by atoms with Crippen LogP contribution in [0.4, 0.5) is 11.6 Å². The molecule has 6 heteroatoms. The fraction of sp³-hybridized carbons (Fsp3) is 0.733. The van der Waals surface area contributed by atoms with Gasteiger partial charge in [0.25, 0.3) is 0 Å². The first-order valence-electron chi connectivity index (χ1n) is 7.79. The molecule has 0 amide bonds. The number of hydrogen-bond acceptors (Lipinski definition) is 6. The Balaban J connectivity index is 2.20. The lowest BCUT2D eigenvalue weighted by molar-refractivity contribution is 0.0820. The molecule has 1 fully saturated rings. The Morgan fingerprint density at radius 3 is 3.05 bits per heavy atom. The van der Waals surface area contributed by atoms with E-state index in [4.69, 9.17) is 9.47 Å². The van der Waals surface area contributed by atoms with Crippen molar-refractivity contribution < 1.29 is 9.47 Å². The quantitative estimate of drug-likeness (QED) is 0.866. The molecule has 2 heterocycles. The number of nitrogens with one attached hydrogen (secondary N) is 1. The molecular formula is C15H26N4O2. The van der Waals surface area contributed by atoms with Gasteiger partial charge in [0, 0.05) is 38.9 Å². The van der Waals surface area contributed by atoms with Crippen molar-refractivity contribution in [1.29, 1.82) is 0 Å². The number of aromatic nitrogens is 2. The van der Waals surface area contributed by atoms with E-state index in [1.807, 2.05) is 13.0 Å². The molecular weight excluding hydrogens is 268 g/mol. The molecule has 0 aromatic carbocycles. The summed E-state index contributed by atoms with van der Waals surface area (Å²) >= 11 is 0. The van der Waals surface area contributed by atoms with Crippen LogP contribution in [0.3, 0.4) is 0 Å². The van der Waals surface area contributed by atoms with Crippen molar-refractivity contribution in [2.45, 2.75) is 39.9 Å². The molecule has 0 bridgehead atoms. The zero-order valence-electron chi connectivity index (χ0n) is 13.3. The maximum absolute atomic E-state index is 5.70. The van der Waals surface area contributed by atoms with Crippen LogP contribution >= 0.6 is 0 Å². The largest absolute Gasteiger partial charge is 0.377 e. The molecule has 1 aliphatic heterocycles. The van der Waals surface area contributed by atoms with Gasteiger partial charge in [-0.05, 0) is 27.2 Å². The first kappa shape index (κ1) is 16.0. The Morgan fingerprint density at radius 1 is 1.43 bits per heavy atom. The van der Waals surface area contributed by atoms with Crippen LogP contribution in [0.5, 0.6) is 0 Å². The Bertz CT molecular complexity index is 442. The van der Waals surface area contributed by atoms with Crippen molar-refractivity contribution in [1.82, 2.24) is 9.97 Å². The molecule has 0 aliphatic carbocycles. The normalized spacial score (nSPS) is 19.4. The zero-order valence-corrected chi connectivity index (χ0v) is 13.3. The number of anilines is 2. The lowest BCUT2D eigenvalue weighted by Gasteiger charge is -2.24. The Morgan fingerprint density at radius 2 is 2.29 bits per heavy atom. The molecule has 1 N–H and O–H groups in total. The van der Waals surface area contributed by atoms with Gasteiger partial charge in [-0.15, -0.1) is 0 Å². The van der Waals surface area contributed by atoms with Crippen molar-refractivity contribution in [3.05, 3.63) is 11.9 Å². The number of ether oxygens (including phenoxy) is 2. The highest BCUT2D eigenvalue weighted by Gasteiger charge is 2.18. The van der Waals surface area contributed by atoms with Crippen LogP contribution in [0.25, 0.3) is 0 Å². The summed E-state index contributed by atoms with van der Waals surface area (Å²) in [7, 11) is 0. The lowest BCUT2D eigenvalue weighted by Crippen LogP contribution is -2.31. The van der Waals surface area contributed by atoms with E-state index in [0.29, 0.717) is 13.2 Å². The second-order valence-electron chi connectivity index (χ2n) is 5.18. The van der Waals surface area contributed by atoms with Crippen LogP contribution in [0.15, 0.2) is 6.07 Å². The van der Waals surface area contributed by atoms with E-state index in [1.54, 1.807) is 0 Å². The van der Waals surface area contributed by atoms with E-state index < -0.39 is 0 Å². The van der Waals surface area contributed by atoms with Crippen LogP contribution in [0, 0.1) is 0 Å². The maximum Gasteiger partial charge on any atom is 0.158 e. The smallest absolute Gasteiger partial charge is 0.158 e. The highest BCUT2D eigenvalue weighted by atomic mass is 16.5. The highest BCUT2D eigenvalue weighted by molar-refractivity contribution is 5.49. The summed E-state index contributed by atoms with van der Waals surface area (Å²) in [6, 6.07) is 2.01. The average Bonchev–Trinajstić information content (AvgIpc) is 2.70. The third-order valence-corrected chi connectivity index (χ3v) is 3.33. The van der Waals surface area contributed by atoms with Gasteiger partial charge < -0.3 is 19.7 Å². The second-order valence-corrected chi connectivity index (χ2v) is 5.18. The summed E-state index contributed by atoms with van der Waals surface area (Å²) in [5.74, 6) is 2.53. The second kappa shape index (κ2) is 8.14. The van der Waals surface area contributed by atoms with Crippen molar-refractivity contribution in [3.63, 3.8) is 0 Å². The van der Waals surface area contributed by atoms with Crippen molar-refractivity contribution in [2.75, 3.05) is 43.1 Å². The third-order valence-electron chi connectivity index (χ3n) is 3.33. The van der Waals surface area contributed by atoms with Gasteiger partial charge in [-0.3, -0.25) is 0 Å². The van der Waals surface area contributed by atoms with E-state index in [2.05, 4.69) is 34.0 Å². The predicted molar refractivity (Wildman–Crippen MR) is 83.8 cm³/mol. The van der Waals surface area contributed by atoms with Crippen molar-refractivity contribution in [2.24, 2.45) is 0 Å². The molecule has 1 unspecified atom stereocenters. The standard InChI is InChI=1S/C15H26N4O2/c1-4-16-13-9-15(18-14(17-13)11-20-5-2)19-7-6-8-21-12(3)10-19/h9,12H,4-8,10-11H2,1-3H3,(H,16,17,18). The summed E-state index contributed by atoms with van der Waals surface area (Å²) in [6.07, 6.45) is 1.24. The first-order valence-corrected chi connectivity index (χ1v) is 7.79. The monoisotopic (exact) mass is 294 g/mol. The van der Waals surface area contributed by atoms with Gasteiger partial charge in [0.2, 0.25) is 0 Å². The van der Waals surface area contributed by atoms with Crippen molar-refractivity contribution in [3.8, 4) is 0 Å². The van der Waals surface area contributed by atoms with Crippen molar-refractivity contribution >= 4 is 11.6 Å². The maximum atomic E-state index is 5.70. The Hall–Kier alpha value is -1.40. The number of hydrogen-bond donors (Lipinski definition) is 1. The van der Waals surface area contributed by atoms with Gasteiger partial charge in [-0.1, -0.05) is 0 Å². The molecule has 1 aromatic heterocycles. The molecule has 21 heavy (non-hydrogen) atoms. The Kier molecular flexibility index (Phi) is 6.20. The van der Waals surface area contributed by atoms with Gasteiger partial charge in [0.1, 0.15) is 18.2 Å². The summed E-state index contributed by atoms with van der Waals surface area (Å²) in [4.78, 5) is 11.4. The van der Waals surface area contributed by atoms with Crippen LogP contribution in [0.1, 0.15) is 33.0 Å². The average molecular weight is 294 g/mol. The minimum Gasteiger partial charge on any atom is -0.377 e. The summed E-state index contributed by atoms with van der Waals surface area (Å²) in [5, 5.41) is 3.27. The van der Waals surface area contributed by atoms with E-state index in [9.17, 15) is 0 Å². The molecule has 1 aromatic rings. The van der Waals surface area contributed by atoms with Gasteiger partial charge in [0.15, 0.2) is 5.82 Å². The fourth-order valence-electron chi connectivity index (χ4n) is 2.38. The summed E-state index contributed by atoms with van der Waals surface area (Å²) in [5.41, 5.74) is 0. The van der Waals surface area contributed by atoms with Crippen LogP contribution < -0.4 is 10.2 Å². The molecule has 1 saturated heterocycles.